The molecule has 0 bridgehead atoms. The van der Waals surface area contributed by atoms with Crippen molar-refractivity contribution in [1.82, 2.24) is 4.98 Å². The van der Waals surface area contributed by atoms with Crippen LogP contribution >= 0.6 is 0 Å². The Balaban J connectivity index is 2.14. The fraction of sp³-hybridized carbons (Fsp3) is 0.250. The monoisotopic (exact) mass is 305 g/mol. The Kier molecular flexibility index (Phi) is 3.72. The van der Waals surface area contributed by atoms with E-state index in [-0.39, 0.29) is 11.6 Å². The van der Waals surface area contributed by atoms with Crippen molar-refractivity contribution in [2.75, 3.05) is 0 Å². The highest BCUT2D eigenvalue weighted by molar-refractivity contribution is 6.26. The van der Waals surface area contributed by atoms with Crippen molar-refractivity contribution >= 4 is 11.6 Å². The second-order valence-electron chi connectivity index (χ2n) is 6.09. The average molecular weight is 305 g/mol. The maximum Gasteiger partial charge on any atom is 0.208 e. The summed E-state index contributed by atoms with van der Waals surface area (Å²) in [5.41, 5.74) is 5.56. The standard InChI is InChI=1S/C20H19NO2/c1-11-12(2)17-18(21-14(11)4)20(23)16(13(3)19(17)22)10-15-8-6-5-7-9-15/h5-9H,10H2,1-4H3. The summed E-state index contributed by atoms with van der Waals surface area (Å²) in [6, 6.07) is 9.73. The van der Waals surface area contributed by atoms with Gasteiger partial charge in [0.05, 0.1) is 5.56 Å². The highest BCUT2D eigenvalue weighted by Gasteiger charge is 2.33. The highest BCUT2D eigenvalue weighted by atomic mass is 16.1. The molecular weight excluding hydrogens is 286 g/mol. The molecule has 3 rings (SSSR count). The van der Waals surface area contributed by atoms with Gasteiger partial charge in [0.15, 0.2) is 5.78 Å². The van der Waals surface area contributed by atoms with Crippen LogP contribution in [0.25, 0.3) is 0 Å². The molecule has 0 aliphatic heterocycles. The molecule has 0 amide bonds. The molecule has 3 nitrogen and oxygen atoms in total. The number of allylic oxidation sites excluding steroid dienone is 2. The van der Waals surface area contributed by atoms with Gasteiger partial charge in [0.1, 0.15) is 5.69 Å². The van der Waals surface area contributed by atoms with Gasteiger partial charge >= 0.3 is 0 Å². The highest BCUT2D eigenvalue weighted by Crippen LogP contribution is 2.31. The molecule has 116 valence electrons. The van der Waals surface area contributed by atoms with Crippen LogP contribution in [0.15, 0.2) is 41.5 Å². The van der Waals surface area contributed by atoms with Crippen molar-refractivity contribution in [3.8, 4) is 0 Å². The van der Waals surface area contributed by atoms with Gasteiger partial charge in [-0.05, 0) is 44.4 Å². The molecule has 0 spiro atoms. The van der Waals surface area contributed by atoms with Gasteiger partial charge in [0.25, 0.3) is 0 Å². The number of aryl methyl sites for hydroxylation is 1. The summed E-state index contributed by atoms with van der Waals surface area (Å²) in [6.07, 6.45) is 0.463. The zero-order chi connectivity index (χ0) is 16.7. The van der Waals surface area contributed by atoms with Gasteiger partial charge in [-0.3, -0.25) is 9.59 Å². The van der Waals surface area contributed by atoms with Gasteiger partial charge in [0, 0.05) is 23.3 Å². The zero-order valence-electron chi connectivity index (χ0n) is 13.9. The fourth-order valence-corrected chi connectivity index (χ4v) is 3.04. The van der Waals surface area contributed by atoms with Gasteiger partial charge in [-0.2, -0.15) is 0 Å². The molecular formula is C20H19NO2. The summed E-state index contributed by atoms with van der Waals surface area (Å²) in [4.78, 5) is 30.1. The first kappa shape index (κ1) is 15.3. The Bertz CT molecular complexity index is 861. The number of ketones is 2. The van der Waals surface area contributed by atoms with Crippen LogP contribution in [-0.4, -0.2) is 16.6 Å². The average Bonchev–Trinajstić information content (AvgIpc) is 2.55. The minimum absolute atomic E-state index is 0.0707. The van der Waals surface area contributed by atoms with Crippen LogP contribution in [0.1, 0.15) is 50.2 Å². The van der Waals surface area contributed by atoms with Crippen LogP contribution in [0.2, 0.25) is 0 Å². The molecule has 0 fully saturated rings. The van der Waals surface area contributed by atoms with Crippen LogP contribution in [0.5, 0.6) is 0 Å². The molecule has 3 heteroatoms. The van der Waals surface area contributed by atoms with E-state index in [1.165, 1.54) is 0 Å². The fourth-order valence-electron chi connectivity index (χ4n) is 3.04. The summed E-state index contributed by atoms with van der Waals surface area (Å²) >= 11 is 0. The third kappa shape index (κ3) is 2.42. The molecule has 0 saturated carbocycles. The molecule has 1 aromatic carbocycles. The van der Waals surface area contributed by atoms with Gasteiger partial charge in [-0.25, -0.2) is 4.98 Å². The van der Waals surface area contributed by atoms with Crippen molar-refractivity contribution in [1.29, 1.82) is 0 Å². The summed E-state index contributed by atoms with van der Waals surface area (Å²) in [5.74, 6) is -0.189. The largest absolute Gasteiger partial charge is 0.289 e. The van der Waals surface area contributed by atoms with Crippen molar-refractivity contribution in [2.24, 2.45) is 0 Å². The van der Waals surface area contributed by atoms with E-state index in [1.807, 2.05) is 51.1 Å². The van der Waals surface area contributed by atoms with Gasteiger partial charge < -0.3 is 0 Å². The molecule has 23 heavy (non-hydrogen) atoms. The van der Waals surface area contributed by atoms with Crippen LogP contribution in [0.4, 0.5) is 0 Å². The molecule has 1 aliphatic carbocycles. The topological polar surface area (TPSA) is 47.0 Å². The molecule has 1 aromatic heterocycles. The number of nitrogens with zero attached hydrogens (tertiary/aromatic N) is 1. The number of pyridine rings is 1. The molecule has 0 N–H and O–H groups in total. The first-order valence-corrected chi connectivity index (χ1v) is 7.72. The number of aromatic nitrogens is 1. The van der Waals surface area contributed by atoms with E-state index >= 15 is 0 Å². The zero-order valence-corrected chi connectivity index (χ0v) is 13.9. The SMILES string of the molecule is CC1=C(Cc2ccccc2)C(=O)c2nc(C)c(C)c(C)c2C1=O. The Hall–Kier alpha value is -2.55. The van der Waals surface area contributed by atoms with Crippen LogP contribution in [0, 0.1) is 20.8 Å². The summed E-state index contributed by atoms with van der Waals surface area (Å²) < 4.78 is 0. The van der Waals surface area contributed by atoms with Crippen molar-refractivity contribution in [3.05, 3.63) is 75.1 Å². The van der Waals surface area contributed by atoms with Gasteiger partial charge in [0.2, 0.25) is 5.78 Å². The Morgan fingerprint density at radius 3 is 2.17 bits per heavy atom. The van der Waals surface area contributed by atoms with E-state index in [4.69, 9.17) is 0 Å². The Labute approximate surface area is 136 Å². The number of rotatable bonds is 2. The summed E-state index contributed by atoms with van der Waals surface area (Å²) in [6.45, 7) is 7.45. The molecule has 0 unspecified atom stereocenters. The van der Waals surface area contributed by atoms with E-state index in [1.54, 1.807) is 6.92 Å². The number of Topliss-reactive ketones (excluding diaryl/α,β-unsaturated/α-hetero) is 2. The van der Waals surface area contributed by atoms with Crippen molar-refractivity contribution < 1.29 is 9.59 Å². The lowest BCUT2D eigenvalue weighted by molar-refractivity contribution is 0.0968. The lowest BCUT2D eigenvalue weighted by Gasteiger charge is -2.22. The molecule has 2 aromatic rings. The van der Waals surface area contributed by atoms with Gasteiger partial charge in [-0.1, -0.05) is 30.3 Å². The third-order valence-corrected chi connectivity index (χ3v) is 4.73. The van der Waals surface area contributed by atoms with E-state index in [9.17, 15) is 9.59 Å². The molecule has 1 heterocycles. The number of carbonyl (C=O) groups excluding carboxylic acids is 2. The maximum atomic E-state index is 12.9. The van der Waals surface area contributed by atoms with Crippen LogP contribution in [0.3, 0.4) is 0 Å². The summed E-state index contributed by atoms with van der Waals surface area (Å²) in [5, 5.41) is 0. The maximum absolute atomic E-state index is 12.9. The summed E-state index contributed by atoms with van der Waals surface area (Å²) in [7, 11) is 0. The van der Waals surface area contributed by atoms with E-state index in [0.717, 1.165) is 22.4 Å². The van der Waals surface area contributed by atoms with E-state index < -0.39 is 0 Å². The minimum atomic E-state index is -0.118. The number of fused-ring (bicyclic) bond motifs is 1. The van der Waals surface area contributed by atoms with Crippen LogP contribution < -0.4 is 0 Å². The number of benzene rings is 1. The quantitative estimate of drug-likeness (QED) is 0.844. The van der Waals surface area contributed by atoms with Crippen LogP contribution in [-0.2, 0) is 6.42 Å². The molecule has 0 atom stereocenters. The number of hydrogen-bond acceptors (Lipinski definition) is 3. The van der Waals surface area contributed by atoms with Gasteiger partial charge in [-0.15, -0.1) is 0 Å². The van der Waals surface area contributed by atoms with Crippen molar-refractivity contribution in [2.45, 2.75) is 34.1 Å². The Morgan fingerprint density at radius 2 is 1.52 bits per heavy atom. The smallest absolute Gasteiger partial charge is 0.208 e. The second-order valence-corrected chi connectivity index (χ2v) is 6.09. The predicted molar refractivity (Wildman–Crippen MR) is 90.0 cm³/mol. The first-order valence-electron chi connectivity index (χ1n) is 7.72. The predicted octanol–water partition coefficient (Wildman–Crippen LogP) is 3.95. The Morgan fingerprint density at radius 1 is 0.870 bits per heavy atom. The number of hydrogen-bond donors (Lipinski definition) is 0. The van der Waals surface area contributed by atoms with Crippen molar-refractivity contribution in [3.63, 3.8) is 0 Å². The normalized spacial score (nSPS) is 14.3. The lowest BCUT2D eigenvalue weighted by atomic mass is 9.82. The second kappa shape index (κ2) is 5.58. The lowest BCUT2D eigenvalue weighted by Crippen LogP contribution is -2.25. The molecule has 1 aliphatic rings. The van der Waals surface area contributed by atoms with E-state index in [2.05, 4.69) is 4.98 Å². The third-order valence-electron chi connectivity index (χ3n) is 4.73. The van der Waals surface area contributed by atoms with E-state index in [0.29, 0.717) is 28.8 Å². The number of carbonyl (C=O) groups is 2. The minimum Gasteiger partial charge on any atom is -0.289 e. The first-order chi connectivity index (χ1) is 10.9. The molecule has 0 saturated heterocycles. The molecule has 0 radical (unpaired) electrons.